The van der Waals surface area contributed by atoms with E-state index >= 15 is 0 Å². The number of likely N-dealkylation sites (tertiary alicyclic amines) is 1. The molecule has 0 spiro atoms. The lowest BCUT2D eigenvalue weighted by atomic mass is 9.85. The van der Waals surface area contributed by atoms with E-state index in [1.54, 1.807) is 0 Å². The van der Waals surface area contributed by atoms with Gasteiger partial charge in [-0.2, -0.15) is 0 Å². The third kappa shape index (κ3) is 2.43. The van der Waals surface area contributed by atoms with Crippen LogP contribution in [0, 0.1) is 11.8 Å². The number of nitrogens with zero attached hydrogens (tertiary/aromatic N) is 2. The topological polar surface area (TPSA) is 86.8 Å². The quantitative estimate of drug-likeness (QED) is 0.516. The second kappa shape index (κ2) is 5.31. The van der Waals surface area contributed by atoms with Gasteiger partial charge in [0.1, 0.15) is 6.54 Å². The molecule has 0 saturated carbocycles. The van der Waals surface area contributed by atoms with Crippen molar-refractivity contribution in [2.24, 2.45) is 11.8 Å². The third-order valence-electron chi connectivity index (χ3n) is 4.28. The molecule has 1 N–H and O–H groups in total. The van der Waals surface area contributed by atoms with Crippen LogP contribution in [-0.4, -0.2) is 59.6 Å². The summed E-state index contributed by atoms with van der Waals surface area (Å²) in [6.45, 7) is 0.554. The fourth-order valence-corrected chi connectivity index (χ4v) is 3.11. The van der Waals surface area contributed by atoms with Crippen LogP contribution < -0.4 is 5.32 Å². The number of amides is 4. The average molecular weight is 291 g/mol. The summed E-state index contributed by atoms with van der Waals surface area (Å²) in [5.41, 5.74) is 0. The van der Waals surface area contributed by atoms with Gasteiger partial charge in [0, 0.05) is 13.1 Å². The Hall–Kier alpha value is -2.18. The highest BCUT2D eigenvalue weighted by molar-refractivity contribution is 6.07. The van der Waals surface area contributed by atoms with Gasteiger partial charge >= 0.3 is 0 Å². The van der Waals surface area contributed by atoms with Gasteiger partial charge in [0.2, 0.25) is 23.6 Å². The molecule has 0 aromatic carbocycles. The minimum absolute atomic E-state index is 0.0104. The fraction of sp³-hybridized carbons (Fsp3) is 0.571. The van der Waals surface area contributed by atoms with E-state index in [2.05, 4.69) is 5.32 Å². The minimum Gasteiger partial charge on any atom is -0.353 e. The van der Waals surface area contributed by atoms with E-state index < -0.39 is 0 Å². The van der Waals surface area contributed by atoms with Gasteiger partial charge in [-0.25, -0.2) is 0 Å². The lowest BCUT2D eigenvalue weighted by Gasteiger charge is -2.28. The van der Waals surface area contributed by atoms with Crippen LogP contribution in [-0.2, 0) is 19.2 Å². The number of hydrogen-bond donors (Lipinski definition) is 1. The highest BCUT2D eigenvalue weighted by atomic mass is 16.2. The molecule has 2 heterocycles. The standard InChI is InChI=1S/C14H17N3O4/c18-11-7-16(6-5-15-11)12(19)8-17-13(20)9-3-1-2-4-10(9)14(17)21/h1-2,9-10H,3-8H2,(H,15,18)/t9-,10+. The van der Waals surface area contributed by atoms with Crippen LogP contribution in [0.4, 0.5) is 0 Å². The van der Waals surface area contributed by atoms with Crippen molar-refractivity contribution in [3.63, 3.8) is 0 Å². The number of piperazine rings is 1. The van der Waals surface area contributed by atoms with Gasteiger partial charge in [-0.1, -0.05) is 12.2 Å². The fourth-order valence-electron chi connectivity index (χ4n) is 3.11. The molecule has 2 aliphatic heterocycles. The first-order valence-electron chi connectivity index (χ1n) is 7.12. The summed E-state index contributed by atoms with van der Waals surface area (Å²) in [5, 5.41) is 2.63. The first-order chi connectivity index (χ1) is 10.1. The van der Waals surface area contributed by atoms with Gasteiger partial charge in [0.05, 0.1) is 18.4 Å². The van der Waals surface area contributed by atoms with Crippen molar-refractivity contribution < 1.29 is 19.2 Å². The number of carbonyl (C=O) groups is 4. The van der Waals surface area contributed by atoms with Crippen molar-refractivity contribution in [1.29, 1.82) is 0 Å². The Balaban J connectivity index is 1.67. The van der Waals surface area contributed by atoms with Crippen molar-refractivity contribution in [3.8, 4) is 0 Å². The van der Waals surface area contributed by atoms with Gasteiger partial charge in [-0.3, -0.25) is 24.1 Å². The first-order valence-corrected chi connectivity index (χ1v) is 7.12. The Bertz CT molecular complexity index is 516. The Morgan fingerprint density at radius 2 is 1.76 bits per heavy atom. The maximum Gasteiger partial charge on any atom is 0.243 e. The van der Waals surface area contributed by atoms with Gasteiger partial charge in [0.15, 0.2) is 0 Å². The molecule has 4 amide bonds. The maximum absolute atomic E-state index is 12.3. The Kier molecular flexibility index (Phi) is 3.48. The molecule has 0 aromatic heterocycles. The Morgan fingerprint density at radius 1 is 1.14 bits per heavy atom. The smallest absolute Gasteiger partial charge is 0.243 e. The van der Waals surface area contributed by atoms with Crippen LogP contribution in [0.25, 0.3) is 0 Å². The molecule has 2 atom stereocenters. The van der Waals surface area contributed by atoms with Crippen LogP contribution in [0.5, 0.6) is 0 Å². The van der Waals surface area contributed by atoms with Crippen molar-refractivity contribution >= 4 is 23.6 Å². The monoisotopic (exact) mass is 291 g/mol. The minimum atomic E-state index is -0.349. The third-order valence-corrected chi connectivity index (χ3v) is 4.28. The van der Waals surface area contributed by atoms with E-state index in [0.717, 1.165) is 4.90 Å². The largest absolute Gasteiger partial charge is 0.353 e. The van der Waals surface area contributed by atoms with Crippen molar-refractivity contribution in [3.05, 3.63) is 12.2 Å². The number of rotatable bonds is 2. The van der Waals surface area contributed by atoms with E-state index in [0.29, 0.717) is 25.9 Å². The second-order valence-electron chi connectivity index (χ2n) is 5.58. The molecule has 21 heavy (non-hydrogen) atoms. The summed E-state index contributed by atoms with van der Waals surface area (Å²) in [5.74, 6) is -1.72. The molecule has 0 bridgehead atoms. The van der Waals surface area contributed by atoms with Crippen LogP contribution >= 0.6 is 0 Å². The molecule has 0 radical (unpaired) electrons. The molecular formula is C14H17N3O4. The van der Waals surface area contributed by atoms with Crippen molar-refractivity contribution in [2.45, 2.75) is 12.8 Å². The molecule has 2 saturated heterocycles. The Morgan fingerprint density at radius 3 is 2.33 bits per heavy atom. The number of imide groups is 1. The molecule has 7 nitrogen and oxygen atoms in total. The van der Waals surface area contributed by atoms with Crippen LogP contribution in [0.1, 0.15) is 12.8 Å². The lowest BCUT2D eigenvalue weighted by molar-refractivity contribution is -0.147. The van der Waals surface area contributed by atoms with Gasteiger partial charge in [-0.15, -0.1) is 0 Å². The molecule has 0 unspecified atom stereocenters. The highest BCUT2D eigenvalue weighted by Crippen LogP contribution is 2.34. The highest BCUT2D eigenvalue weighted by Gasteiger charge is 2.47. The molecule has 7 heteroatoms. The van der Waals surface area contributed by atoms with Crippen LogP contribution in [0.2, 0.25) is 0 Å². The summed E-state index contributed by atoms with van der Waals surface area (Å²) < 4.78 is 0. The van der Waals surface area contributed by atoms with E-state index in [-0.39, 0.29) is 48.6 Å². The predicted octanol–water partition coefficient (Wildman–Crippen LogP) is -1.10. The lowest BCUT2D eigenvalue weighted by Crippen LogP contribution is -2.53. The average Bonchev–Trinajstić information content (AvgIpc) is 2.73. The van der Waals surface area contributed by atoms with E-state index in [1.165, 1.54) is 4.90 Å². The van der Waals surface area contributed by atoms with E-state index in [9.17, 15) is 19.2 Å². The predicted molar refractivity (Wildman–Crippen MR) is 71.7 cm³/mol. The van der Waals surface area contributed by atoms with Crippen molar-refractivity contribution in [1.82, 2.24) is 15.1 Å². The van der Waals surface area contributed by atoms with Crippen molar-refractivity contribution in [2.75, 3.05) is 26.2 Å². The van der Waals surface area contributed by atoms with Crippen LogP contribution in [0.15, 0.2) is 12.2 Å². The van der Waals surface area contributed by atoms with Gasteiger partial charge in [0.25, 0.3) is 0 Å². The summed E-state index contributed by atoms with van der Waals surface area (Å²) in [4.78, 5) is 50.4. The summed E-state index contributed by atoms with van der Waals surface area (Å²) >= 11 is 0. The summed E-state index contributed by atoms with van der Waals surface area (Å²) in [6.07, 6.45) is 4.94. The molecular weight excluding hydrogens is 274 g/mol. The van der Waals surface area contributed by atoms with E-state index in [1.807, 2.05) is 12.2 Å². The maximum atomic E-state index is 12.3. The number of carbonyl (C=O) groups excluding carboxylic acids is 4. The van der Waals surface area contributed by atoms with E-state index in [4.69, 9.17) is 0 Å². The Labute approximate surface area is 121 Å². The zero-order valence-corrected chi connectivity index (χ0v) is 11.6. The normalized spacial score (nSPS) is 28.7. The first kappa shape index (κ1) is 13.8. The number of allylic oxidation sites excluding steroid dienone is 2. The molecule has 3 rings (SSSR count). The van der Waals surface area contributed by atoms with Gasteiger partial charge < -0.3 is 10.2 Å². The number of nitrogens with one attached hydrogen (secondary N) is 1. The molecule has 112 valence electrons. The zero-order chi connectivity index (χ0) is 15.0. The number of hydrogen-bond acceptors (Lipinski definition) is 4. The SMILES string of the molecule is O=C1CN(C(=O)CN2C(=O)[C@H]3CC=CC[C@H]3C2=O)CCN1. The second-order valence-corrected chi connectivity index (χ2v) is 5.58. The zero-order valence-electron chi connectivity index (χ0n) is 11.6. The van der Waals surface area contributed by atoms with Gasteiger partial charge in [-0.05, 0) is 12.8 Å². The molecule has 1 aliphatic carbocycles. The van der Waals surface area contributed by atoms with Crippen LogP contribution in [0.3, 0.4) is 0 Å². The molecule has 0 aromatic rings. The summed E-state index contributed by atoms with van der Waals surface area (Å²) in [7, 11) is 0. The number of fused-ring (bicyclic) bond motifs is 1. The molecule has 3 aliphatic rings. The summed E-state index contributed by atoms with van der Waals surface area (Å²) in [6, 6.07) is 0. The molecule has 2 fully saturated rings.